The fourth-order valence-electron chi connectivity index (χ4n) is 9.61. The molecular formula is C66H44N4O2. The van der Waals surface area contributed by atoms with Crippen molar-refractivity contribution in [1.29, 1.82) is 0 Å². The number of aromatic nitrogens is 2. The highest BCUT2D eigenvalue weighted by Gasteiger charge is 2.18. The van der Waals surface area contributed by atoms with Gasteiger partial charge in [-0.2, -0.15) is 0 Å². The molecule has 2 heterocycles. The molecule has 11 aromatic carbocycles. The predicted octanol–water partition coefficient (Wildman–Crippen LogP) is 18.4. The number of nitrogens with zero attached hydrogens (tertiary/aromatic N) is 4. The van der Waals surface area contributed by atoms with Gasteiger partial charge < -0.3 is 18.6 Å². The zero-order valence-electron chi connectivity index (χ0n) is 39.0. The van der Waals surface area contributed by atoms with Crippen molar-refractivity contribution >= 4 is 67.1 Å². The Labute approximate surface area is 417 Å². The van der Waals surface area contributed by atoms with Crippen LogP contribution >= 0.6 is 0 Å². The molecule has 6 heteroatoms. The first-order valence-corrected chi connectivity index (χ1v) is 24.1. The summed E-state index contributed by atoms with van der Waals surface area (Å²) in [7, 11) is 0. The number of hydrogen-bond donors (Lipinski definition) is 0. The van der Waals surface area contributed by atoms with Crippen molar-refractivity contribution in [1.82, 2.24) is 9.97 Å². The van der Waals surface area contributed by atoms with E-state index in [-0.39, 0.29) is 0 Å². The van der Waals surface area contributed by atoms with Gasteiger partial charge in [0.2, 0.25) is 11.8 Å². The normalized spacial score (nSPS) is 11.3. The Hall–Kier alpha value is -9.78. The van der Waals surface area contributed by atoms with Crippen LogP contribution in [0.2, 0.25) is 0 Å². The van der Waals surface area contributed by atoms with Crippen LogP contribution in [0.3, 0.4) is 0 Å². The second-order valence-corrected chi connectivity index (χ2v) is 17.9. The molecule has 0 amide bonds. The maximum atomic E-state index is 6.15. The fourth-order valence-corrected chi connectivity index (χ4v) is 9.61. The van der Waals surface area contributed by atoms with E-state index in [9.17, 15) is 0 Å². The standard InChI is InChI=1S/C66H44N4O2/c1-3-11-45(12-4-1)47-21-32-55(33-22-47)69(57-38-27-50(28-39-57)65-67-61-15-7-9-17-63(61)71-65)56-34-23-48(24-35-56)49-25-36-58(37-26-49)70(59-40-29-51(30-41-59)66-68-62-16-8-10-18-64(62)72-66)60-42-31-53-43-52(19-20-54(53)44-60)46-13-5-2-6-14-46/h1-44H. The number of oxazole rings is 2. The van der Waals surface area contributed by atoms with E-state index >= 15 is 0 Å². The first-order chi connectivity index (χ1) is 35.6. The number of para-hydroxylation sites is 4. The number of fused-ring (bicyclic) bond motifs is 3. The van der Waals surface area contributed by atoms with Gasteiger partial charge in [0, 0.05) is 45.3 Å². The average molecular weight is 925 g/mol. The number of benzene rings is 11. The molecule has 0 aliphatic rings. The predicted molar refractivity (Wildman–Crippen MR) is 296 cm³/mol. The van der Waals surface area contributed by atoms with E-state index in [0.29, 0.717) is 11.8 Å². The van der Waals surface area contributed by atoms with Crippen molar-refractivity contribution in [2.24, 2.45) is 0 Å². The van der Waals surface area contributed by atoms with Crippen molar-refractivity contribution in [3.63, 3.8) is 0 Å². The lowest BCUT2D eigenvalue weighted by Gasteiger charge is -2.27. The molecule has 0 saturated heterocycles. The Kier molecular flexibility index (Phi) is 10.7. The van der Waals surface area contributed by atoms with Crippen LogP contribution in [0.1, 0.15) is 0 Å². The zero-order chi connectivity index (χ0) is 47.8. The molecule has 340 valence electrons. The van der Waals surface area contributed by atoms with Crippen LogP contribution in [-0.4, -0.2) is 9.97 Å². The Morgan fingerprint density at radius 1 is 0.236 bits per heavy atom. The van der Waals surface area contributed by atoms with Gasteiger partial charge in [-0.25, -0.2) is 9.97 Å². The lowest BCUT2D eigenvalue weighted by Crippen LogP contribution is -2.10. The molecule has 0 radical (unpaired) electrons. The smallest absolute Gasteiger partial charge is 0.227 e. The zero-order valence-corrected chi connectivity index (χ0v) is 39.0. The summed E-state index contributed by atoms with van der Waals surface area (Å²) in [5.74, 6) is 1.20. The highest BCUT2D eigenvalue weighted by atomic mass is 16.4. The molecule has 0 saturated carbocycles. The van der Waals surface area contributed by atoms with Gasteiger partial charge in [0.15, 0.2) is 11.2 Å². The summed E-state index contributed by atoms with van der Waals surface area (Å²) in [6.45, 7) is 0. The monoisotopic (exact) mass is 924 g/mol. The fraction of sp³-hybridized carbons (Fsp3) is 0. The van der Waals surface area contributed by atoms with Gasteiger partial charge >= 0.3 is 0 Å². The van der Waals surface area contributed by atoms with E-state index in [1.807, 2.05) is 54.6 Å². The summed E-state index contributed by atoms with van der Waals surface area (Å²) in [5, 5.41) is 2.35. The lowest BCUT2D eigenvalue weighted by molar-refractivity contribution is 0.619. The van der Waals surface area contributed by atoms with Gasteiger partial charge in [-0.1, -0.05) is 140 Å². The molecular weight excluding hydrogens is 881 g/mol. The van der Waals surface area contributed by atoms with Crippen LogP contribution in [-0.2, 0) is 0 Å². The summed E-state index contributed by atoms with van der Waals surface area (Å²) in [6, 6.07) is 93.5. The summed E-state index contributed by atoms with van der Waals surface area (Å²) in [5.41, 5.74) is 18.3. The SMILES string of the molecule is c1ccc(-c2ccc(N(c3ccc(-c4ccc(N(c5ccc(-c6nc7ccccc7o6)cc5)c5ccc6cc(-c7ccccc7)ccc6c5)cc4)cc3)c3ccc(-c4nc5ccccc5o4)cc3)cc2)cc1. The number of hydrogen-bond acceptors (Lipinski definition) is 6. The summed E-state index contributed by atoms with van der Waals surface area (Å²) in [4.78, 5) is 14.1. The molecule has 0 aliphatic carbocycles. The number of rotatable bonds is 11. The van der Waals surface area contributed by atoms with Crippen molar-refractivity contribution < 1.29 is 8.83 Å². The van der Waals surface area contributed by atoms with Gasteiger partial charge in [0.05, 0.1) is 0 Å². The number of anilines is 6. The molecule has 0 spiro atoms. The first kappa shape index (κ1) is 42.3. The van der Waals surface area contributed by atoms with E-state index in [1.54, 1.807) is 0 Å². The highest BCUT2D eigenvalue weighted by molar-refractivity contribution is 5.93. The lowest BCUT2D eigenvalue weighted by atomic mass is 10.0. The summed E-state index contributed by atoms with van der Waals surface area (Å²) in [6.07, 6.45) is 0. The molecule has 2 aromatic heterocycles. The van der Waals surface area contributed by atoms with Crippen molar-refractivity contribution in [3.8, 4) is 56.3 Å². The second-order valence-electron chi connectivity index (χ2n) is 17.9. The van der Waals surface area contributed by atoms with Crippen LogP contribution in [0.25, 0.3) is 89.3 Å². The van der Waals surface area contributed by atoms with Crippen LogP contribution in [0.15, 0.2) is 276 Å². The van der Waals surface area contributed by atoms with E-state index in [2.05, 4.69) is 222 Å². The molecule has 13 rings (SSSR count). The molecule has 0 atom stereocenters. The third kappa shape index (κ3) is 8.23. The summed E-state index contributed by atoms with van der Waals surface area (Å²) >= 11 is 0. The van der Waals surface area contributed by atoms with Gasteiger partial charge in [0.1, 0.15) is 11.0 Å². The van der Waals surface area contributed by atoms with Crippen LogP contribution in [0.4, 0.5) is 34.1 Å². The largest absolute Gasteiger partial charge is 0.436 e. The summed E-state index contributed by atoms with van der Waals surface area (Å²) < 4.78 is 12.3. The highest BCUT2D eigenvalue weighted by Crippen LogP contribution is 2.41. The van der Waals surface area contributed by atoms with Crippen molar-refractivity contribution in [2.45, 2.75) is 0 Å². The van der Waals surface area contributed by atoms with E-state index < -0.39 is 0 Å². The van der Waals surface area contributed by atoms with Gasteiger partial charge in [-0.15, -0.1) is 0 Å². The van der Waals surface area contributed by atoms with E-state index in [4.69, 9.17) is 18.8 Å². The molecule has 72 heavy (non-hydrogen) atoms. The maximum absolute atomic E-state index is 6.15. The van der Waals surface area contributed by atoms with Crippen LogP contribution < -0.4 is 9.80 Å². The third-order valence-electron chi connectivity index (χ3n) is 13.3. The average Bonchev–Trinajstić information content (AvgIpc) is 4.10. The third-order valence-corrected chi connectivity index (χ3v) is 13.3. The first-order valence-electron chi connectivity index (χ1n) is 24.1. The van der Waals surface area contributed by atoms with Gasteiger partial charge in [-0.05, 0) is 172 Å². The Balaban J connectivity index is 0.827. The van der Waals surface area contributed by atoms with Crippen molar-refractivity contribution in [2.75, 3.05) is 9.80 Å². The van der Waals surface area contributed by atoms with Crippen LogP contribution in [0, 0.1) is 0 Å². The Morgan fingerprint density at radius 2 is 0.542 bits per heavy atom. The van der Waals surface area contributed by atoms with Crippen LogP contribution in [0.5, 0.6) is 0 Å². The molecule has 0 fully saturated rings. The quantitative estimate of drug-likeness (QED) is 0.129. The second kappa shape index (κ2) is 18.3. The van der Waals surface area contributed by atoms with E-state index in [1.165, 1.54) is 22.1 Å². The molecule has 0 N–H and O–H groups in total. The Bertz CT molecular complexity index is 3930. The minimum atomic E-state index is 0.600. The maximum Gasteiger partial charge on any atom is 0.227 e. The van der Waals surface area contributed by atoms with E-state index in [0.717, 1.165) is 89.5 Å². The topological polar surface area (TPSA) is 58.5 Å². The van der Waals surface area contributed by atoms with Crippen molar-refractivity contribution in [3.05, 3.63) is 267 Å². The molecule has 0 unspecified atom stereocenters. The van der Waals surface area contributed by atoms with Gasteiger partial charge in [0.25, 0.3) is 0 Å². The minimum Gasteiger partial charge on any atom is -0.436 e. The minimum absolute atomic E-state index is 0.600. The molecule has 13 aromatic rings. The molecule has 0 aliphatic heterocycles. The molecule has 6 nitrogen and oxygen atoms in total. The molecule has 0 bridgehead atoms. The Morgan fingerprint density at radius 3 is 0.972 bits per heavy atom. The van der Waals surface area contributed by atoms with Gasteiger partial charge in [-0.3, -0.25) is 0 Å².